The number of pyridine rings is 1. The van der Waals surface area contributed by atoms with E-state index in [2.05, 4.69) is 32.5 Å². The number of hydrogen-bond donors (Lipinski definition) is 3. The highest BCUT2D eigenvalue weighted by molar-refractivity contribution is 7.89. The van der Waals surface area contributed by atoms with Gasteiger partial charge in [0, 0.05) is 35.9 Å². The van der Waals surface area contributed by atoms with Gasteiger partial charge in [0.2, 0.25) is 10.0 Å². The van der Waals surface area contributed by atoms with Crippen LogP contribution in [0.5, 0.6) is 0 Å². The number of aryl methyl sites for hydroxylation is 1. The Morgan fingerprint density at radius 1 is 1.03 bits per heavy atom. The molecule has 0 bridgehead atoms. The number of rotatable bonds is 7. The van der Waals surface area contributed by atoms with Crippen molar-refractivity contribution < 1.29 is 8.42 Å². The van der Waals surface area contributed by atoms with Gasteiger partial charge in [0.05, 0.1) is 10.4 Å². The van der Waals surface area contributed by atoms with Crippen LogP contribution in [0.1, 0.15) is 18.5 Å². The Morgan fingerprint density at radius 3 is 2.57 bits per heavy atom. The number of piperidine rings is 1. The van der Waals surface area contributed by atoms with Gasteiger partial charge < -0.3 is 10.6 Å². The summed E-state index contributed by atoms with van der Waals surface area (Å²) in [4.78, 5) is 4.90. The lowest BCUT2D eigenvalue weighted by Gasteiger charge is -2.30. The van der Waals surface area contributed by atoms with Gasteiger partial charge in [-0.3, -0.25) is 4.98 Å². The molecule has 1 aliphatic rings. The number of anilines is 1. The highest BCUT2D eigenvalue weighted by Gasteiger charge is 2.22. The van der Waals surface area contributed by atoms with E-state index in [0.717, 1.165) is 48.2 Å². The number of hydrogen-bond acceptors (Lipinski definition) is 5. The molecule has 2 heterocycles. The van der Waals surface area contributed by atoms with Crippen molar-refractivity contribution in [1.29, 1.82) is 0 Å². The van der Waals surface area contributed by atoms with E-state index in [9.17, 15) is 8.42 Å². The van der Waals surface area contributed by atoms with E-state index < -0.39 is 10.0 Å². The second-order valence-electron chi connectivity index (χ2n) is 7.92. The number of aromatic nitrogens is 1. The summed E-state index contributed by atoms with van der Waals surface area (Å²) < 4.78 is 27.5. The highest BCUT2D eigenvalue weighted by Crippen LogP contribution is 2.24. The maximum absolute atomic E-state index is 12.4. The maximum Gasteiger partial charge on any atom is 0.240 e. The van der Waals surface area contributed by atoms with Crippen molar-refractivity contribution in [2.45, 2.75) is 30.7 Å². The number of para-hydroxylation sites is 1. The summed E-state index contributed by atoms with van der Waals surface area (Å²) in [5, 5.41) is 8.24. The Morgan fingerprint density at radius 2 is 1.80 bits per heavy atom. The first-order chi connectivity index (χ1) is 14.5. The molecule has 2 aromatic carbocycles. The molecule has 1 saturated heterocycles. The summed E-state index contributed by atoms with van der Waals surface area (Å²) in [5.74, 6) is 0.499. The standard InChI is InChI=1S/C23H28N4O2S/c1-17-13-23(21-9-5-6-10-22(21)27-17)25-15-18-11-12-19(24-14-18)16-26-30(28,29)20-7-3-2-4-8-20/h2-10,13,18-19,24,26H,11-12,14-16H2,1H3,(H,25,27)/t18-,19+/m0/s1. The molecular formula is C23H28N4O2S. The van der Waals surface area contributed by atoms with Gasteiger partial charge >= 0.3 is 0 Å². The molecule has 6 nitrogen and oxygen atoms in total. The second kappa shape index (κ2) is 9.12. The lowest BCUT2D eigenvalue weighted by molar-refractivity contribution is 0.320. The molecule has 7 heteroatoms. The molecule has 3 aromatic rings. The zero-order chi connectivity index (χ0) is 21.0. The monoisotopic (exact) mass is 424 g/mol. The van der Waals surface area contributed by atoms with Crippen LogP contribution in [0.25, 0.3) is 10.9 Å². The summed E-state index contributed by atoms with van der Waals surface area (Å²) in [5.41, 5.74) is 3.13. The topological polar surface area (TPSA) is 83.1 Å². The van der Waals surface area contributed by atoms with Crippen molar-refractivity contribution in [3.8, 4) is 0 Å². The van der Waals surface area contributed by atoms with Crippen molar-refractivity contribution >= 4 is 26.6 Å². The smallest absolute Gasteiger partial charge is 0.240 e. The number of fused-ring (bicyclic) bond motifs is 1. The lowest BCUT2D eigenvalue weighted by Crippen LogP contribution is -2.47. The van der Waals surface area contributed by atoms with E-state index in [1.807, 2.05) is 31.2 Å². The molecule has 0 aliphatic carbocycles. The largest absolute Gasteiger partial charge is 0.384 e. The zero-order valence-corrected chi connectivity index (χ0v) is 18.0. The van der Waals surface area contributed by atoms with E-state index in [4.69, 9.17) is 0 Å². The van der Waals surface area contributed by atoms with Gasteiger partial charge in [-0.2, -0.15) is 0 Å². The molecule has 1 fully saturated rings. The van der Waals surface area contributed by atoms with E-state index in [-0.39, 0.29) is 6.04 Å². The summed E-state index contributed by atoms with van der Waals surface area (Å²) in [7, 11) is -3.45. The van der Waals surface area contributed by atoms with Crippen LogP contribution in [0.3, 0.4) is 0 Å². The molecule has 1 aromatic heterocycles. The fourth-order valence-electron chi connectivity index (χ4n) is 3.92. The first kappa shape index (κ1) is 20.8. The molecular weight excluding hydrogens is 396 g/mol. The molecule has 0 saturated carbocycles. The summed E-state index contributed by atoms with van der Waals surface area (Å²) in [6.45, 7) is 4.17. The van der Waals surface area contributed by atoms with E-state index in [1.165, 1.54) is 0 Å². The third-order valence-electron chi connectivity index (χ3n) is 5.62. The Labute approximate surface area is 178 Å². The van der Waals surface area contributed by atoms with Gasteiger partial charge in [0.25, 0.3) is 0 Å². The van der Waals surface area contributed by atoms with Crippen molar-refractivity contribution in [2.75, 3.05) is 25.0 Å². The fraction of sp³-hybridized carbons (Fsp3) is 0.348. The van der Waals surface area contributed by atoms with E-state index >= 15 is 0 Å². The van der Waals surface area contributed by atoms with E-state index in [0.29, 0.717) is 17.4 Å². The number of nitrogens with one attached hydrogen (secondary N) is 3. The summed E-state index contributed by atoms with van der Waals surface area (Å²) in [6, 6.07) is 18.9. The quantitative estimate of drug-likeness (QED) is 0.542. The van der Waals surface area contributed by atoms with Crippen molar-refractivity contribution in [3.05, 3.63) is 66.4 Å². The Balaban J connectivity index is 1.28. The average molecular weight is 425 g/mol. The van der Waals surface area contributed by atoms with Crippen LogP contribution in [-0.2, 0) is 10.0 Å². The summed E-state index contributed by atoms with van der Waals surface area (Å²) in [6.07, 6.45) is 2.00. The molecule has 0 unspecified atom stereocenters. The minimum Gasteiger partial charge on any atom is -0.384 e. The van der Waals surface area contributed by atoms with Crippen molar-refractivity contribution in [3.63, 3.8) is 0 Å². The SMILES string of the molecule is Cc1cc(NC[C@H]2CC[C@H](CNS(=O)(=O)c3ccccc3)NC2)c2ccccc2n1. The molecule has 30 heavy (non-hydrogen) atoms. The molecule has 0 radical (unpaired) electrons. The van der Waals surface area contributed by atoms with Crippen LogP contribution in [0.15, 0.2) is 65.6 Å². The van der Waals surface area contributed by atoms with Crippen molar-refractivity contribution in [1.82, 2.24) is 15.0 Å². The van der Waals surface area contributed by atoms with Crippen LogP contribution in [-0.4, -0.2) is 39.1 Å². The predicted molar refractivity (Wildman–Crippen MR) is 121 cm³/mol. The van der Waals surface area contributed by atoms with E-state index in [1.54, 1.807) is 24.3 Å². The van der Waals surface area contributed by atoms with Crippen LogP contribution in [0, 0.1) is 12.8 Å². The van der Waals surface area contributed by atoms with Gasteiger partial charge in [-0.1, -0.05) is 36.4 Å². The second-order valence-corrected chi connectivity index (χ2v) is 9.69. The number of sulfonamides is 1. The van der Waals surface area contributed by atoms with Gasteiger partial charge in [-0.25, -0.2) is 13.1 Å². The molecule has 158 valence electrons. The first-order valence-corrected chi connectivity index (χ1v) is 11.9. The third kappa shape index (κ3) is 4.98. The van der Waals surface area contributed by atoms with Crippen LogP contribution in [0.2, 0.25) is 0 Å². The van der Waals surface area contributed by atoms with Crippen molar-refractivity contribution in [2.24, 2.45) is 5.92 Å². The Hall–Kier alpha value is -2.48. The van der Waals surface area contributed by atoms with Crippen LogP contribution in [0.4, 0.5) is 5.69 Å². The number of nitrogens with zero attached hydrogens (tertiary/aromatic N) is 1. The third-order valence-corrected chi connectivity index (χ3v) is 7.06. The molecule has 3 N–H and O–H groups in total. The average Bonchev–Trinajstić information content (AvgIpc) is 2.77. The molecule has 0 spiro atoms. The minimum atomic E-state index is -3.45. The fourth-order valence-corrected chi connectivity index (χ4v) is 5.03. The van der Waals surface area contributed by atoms with Gasteiger partial charge in [0.15, 0.2) is 0 Å². The maximum atomic E-state index is 12.4. The van der Waals surface area contributed by atoms with Crippen LogP contribution >= 0.6 is 0 Å². The van der Waals surface area contributed by atoms with Gasteiger partial charge in [0.1, 0.15) is 0 Å². The molecule has 1 aliphatic heterocycles. The minimum absolute atomic E-state index is 0.156. The Bertz CT molecular complexity index is 1090. The van der Waals surface area contributed by atoms with Gasteiger partial charge in [-0.15, -0.1) is 0 Å². The summed E-state index contributed by atoms with van der Waals surface area (Å²) >= 11 is 0. The number of benzene rings is 2. The first-order valence-electron chi connectivity index (χ1n) is 10.4. The molecule has 2 atom stereocenters. The van der Waals surface area contributed by atoms with Gasteiger partial charge in [-0.05, 0) is 56.5 Å². The lowest BCUT2D eigenvalue weighted by atomic mass is 9.94. The highest BCUT2D eigenvalue weighted by atomic mass is 32.2. The van der Waals surface area contributed by atoms with Crippen LogP contribution < -0.4 is 15.4 Å². The normalized spacial score (nSPS) is 19.6. The zero-order valence-electron chi connectivity index (χ0n) is 17.1. The Kier molecular flexibility index (Phi) is 6.32. The molecule has 4 rings (SSSR count). The molecule has 0 amide bonds. The predicted octanol–water partition coefficient (Wildman–Crippen LogP) is 3.30.